The molecule has 1 aromatic heterocycles. The highest BCUT2D eigenvalue weighted by atomic mass is 14.9. The SMILES string of the molecule is CC1(C)c2cc(-c3ccc(-c4nc(-c5ccc(-c6ccccc6)cc5)cc(-c5ccc(-c6ccccc6)cc5)n4)c4ccccc34)ccc2-c2c1ccc1ccccc21. The monoisotopic (exact) mass is 752 g/mol. The zero-order chi connectivity index (χ0) is 39.5. The summed E-state index contributed by atoms with van der Waals surface area (Å²) in [5.74, 6) is 0.705. The predicted molar refractivity (Wildman–Crippen MR) is 247 cm³/mol. The molecule has 2 nitrogen and oxygen atoms in total. The van der Waals surface area contributed by atoms with Gasteiger partial charge in [-0.15, -0.1) is 0 Å². The number of rotatable bonds is 6. The first-order valence-electron chi connectivity index (χ1n) is 20.4. The first-order chi connectivity index (χ1) is 29.0. The Kier molecular flexibility index (Phi) is 8.20. The fourth-order valence-corrected chi connectivity index (χ4v) is 9.21. The molecule has 0 radical (unpaired) electrons. The average molecular weight is 753 g/mol. The molecule has 1 aliphatic rings. The van der Waals surface area contributed by atoms with Gasteiger partial charge < -0.3 is 0 Å². The molecule has 10 aromatic rings. The summed E-state index contributed by atoms with van der Waals surface area (Å²) in [6.07, 6.45) is 0. The van der Waals surface area contributed by atoms with Gasteiger partial charge in [-0.2, -0.15) is 0 Å². The minimum atomic E-state index is -0.121. The average Bonchev–Trinajstić information content (AvgIpc) is 3.54. The van der Waals surface area contributed by atoms with Crippen molar-refractivity contribution in [2.75, 3.05) is 0 Å². The number of hydrogen-bond donors (Lipinski definition) is 0. The number of fused-ring (bicyclic) bond motifs is 6. The van der Waals surface area contributed by atoms with E-state index in [2.05, 4.69) is 220 Å². The van der Waals surface area contributed by atoms with Crippen LogP contribution in [-0.4, -0.2) is 9.97 Å². The van der Waals surface area contributed by atoms with E-state index < -0.39 is 0 Å². The Labute approximate surface area is 345 Å². The van der Waals surface area contributed by atoms with Gasteiger partial charge in [0.1, 0.15) is 0 Å². The molecule has 0 unspecified atom stereocenters. The molecule has 11 rings (SSSR count). The predicted octanol–water partition coefficient (Wildman–Crippen LogP) is 15.1. The first kappa shape index (κ1) is 34.8. The van der Waals surface area contributed by atoms with Gasteiger partial charge in [0, 0.05) is 22.1 Å². The van der Waals surface area contributed by atoms with E-state index in [-0.39, 0.29) is 5.41 Å². The van der Waals surface area contributed by atoms with Crippen LogP contribution in [0.4, 0.5) is 0 Å². The second-order valence-electron chi connectivity index (χ2n) is 16.1. The lowest BCUT2D eigenvalue weighted by molar-refractivity contribution is 0.661. The van der Waals surface area contributed by atoms with E-state index in [1.165, 1.54) is 71.8 Å². The molecule has 0 fully saturated rings. The number of nitrogens with zero attached hydrogens (tertiary/aromatic N) is 2. The summed E-state index contributed by atoms with van der Waals surface area (Å²) >= 11 is 0. The van der Waals surface area contributed by atoms with Crippen molar-refractivity contribution in [1.82, 2.24) is 9.97 Å². The van der Waals surface area contributed by atoms with Crippen molar-refractivity contribution in [3.05, 3.63) is 217 Å². The maximum Gasteiger partial charge on any atom is 0.161 e. The zero-order valence-electron chi connectivity index (χ0n) is 33.0. The van der Waals surface area contributed by atoms with Crippen LogP contribution in [0.25, 0.3) is 100.0 Å². The molecule has 0 aliphatic heterocycles. The summed E-state index contributed by atoms with van der Waals surface area (Å²) in [5.41, 5.74) is 17.4. The molecular formula is C57H40N2. The highest BCUT2D eigenvalue weighted by Gasteiger charge is 2.36. The second kappa shape index (κ2) is 13.9. The van der Waals surface area contributed by atoms with Gasteiger partial charge in [-0.3, -0.25) is 0 Å². The van der Waals surface area contributed by atoms with Crippen LogP contribution in [0.1, 0.15) is 25.0 Å². The van der Waals surface area contributed by atoms with Crippen LogP contribution in [0.5, 0.6) is 0 Å². The second-order valence-corrected chi connectivity index (χ2v) is 16.1. The van der Waals surface area contributed by atoms with Gasteiger partial charge in [0.25, 0.3) is 0 Å². The quantitative estimate of drug-likeness (QED) is 0.169. The Morgan fingerprint density at radius 1 is 0.322 bits per heavy atom. The van der Waals surface area contributed by atoms with Crippen molar-refractivity contribution in [3.63, 3.8) is 0 Å². The topological polar surface area (TPSA) is 25.8 Å². The largest absolute Gasteiger partial charge is 0.228 e. The van der Waals surface area contributed by atoms with E-state index in [0.29, 0.717) is 5.82 Å². The minimum absolute atomic E-state index is 0.121. The molecule has 0 amide bonds. The highest BCUT2D eigenvalue weighted by Crippen LogP contribution is 2.52. The van der Waals surface area contributed by atoms with Crippen LogP contribution in [0.3, 0.4) is 0 Å². The standard InChI is InChI=1S/C57H40N2/c1-57(2)51-34-30-41-17-9-10-18-46(41)55(51)50-31-29-44(35-52(50)57)45-32-33-49(48-20-12-11-19-47(45)48)56-58-53(42-25-21-39(22-26-42)37-13-5-3-6-14-37)36-54(59-56)43-27-23-40(24-28-43)38-15-7-4-8-16-38/h3-36H,1-2H3. The summed E-state index contributed by atoms with van der Waals surface area (Å²) in [6.45, 7) is 4.73. The zero-order valence-corrected chi connectivity index (χ0v) is 33.0. The van der Waals surface area contributed by atoms with Crippen molar-refractivity contribution >= 4 is 21.5 Å². The van der Waals surface area contributed by atoms with Gasteiger partial charge in [0.05, 0.1) is 11.4 Å². The molecule has 9 aromatic carbocycles. The molecule has 2 heteroatoms. The molecular weight excluding hydrogens is 713 g/mol. The van der Waals surface area contributed by atoms with Crippen LogP contribution >= 0.6 is 0 Å². The van der Waals surface area contributed by atoms with Gasteiger partial charge in [-0.1, -0.05) is 202 Å². The molecule has 278 valence electrons. The summed E-state index contributed by atoms with van der Waals surface area (Å²) < 4.78 is 0. The van der Waals surface area contributed by atoms with E-state index in [1.807, 2.05) is 0 Å². The van der Waals surface area contributed by atoms with E-state index in [9.17, 15) is 0 Å². The van der Waals surface area contributed by atoms with E-state index in [0.717, 1.165) is 33.5 Å². The lowest BCUT2D eigenvalue weighted by atomic mass is 9.81. The maximum atomic E-state index is 5.32. The molecule has 0 saturated carbocycles. The van der Waals surface area contributed by atoms with Crippen molar-refractivity contribution in [2.24, 2.45) is 0 Å². The number of hydrogen-bond acceptors (Lipinski definition) is 2. The van der Waals surface area contributed by atoms with Gasteiger partial charge in [0.2, 0.25) is 0 Å². The maximum absolute atomic E-state index is 5.32. The van der Waals surface area contributed by atoms with Crippen LogP contribution < -0.4 is 0 Å². The third kappa shape index (κ3) is 5.96. The van der Waals surface area contributed by atoms with Crippen LogP contribution in [-0.2, 0) is 5.41 Å². The van der Waals surface area contributed by atoms with E-state index >= 15 is 0 Å². The summed E-state index contributed by atoms with van der Waals surface area (Å²) in [7, 11) is 0. The van der Waals surface area contributed by atoms with E-state index in [4.69, 9.17) is 9.97 Å². The fourth-order valence-electron chi connectivity index (χ4n) is 9.21. The summed E-state index contributed by atoms with van der Waals surface area (Å²) in [5, 5.41) is 4.91. The lowest BCUT2D eigenvalue weighted by Gasteiger charge is -2.22. The smallest absolute Gasteiger partial charge is 0.161 e. The molecule has 59 heavy (non-hydrogen) atoms. The number of aromatic nitrogens is 2. The van der Waals surface area contributed by atoms with Gasteiger partial charge in [-0.25, -0.2) is 9.97 Å². The van der Waals surface area contributed by atoms with Crippen LogP contribution in [0.2, 0.25) is 0 Å². The summed E-state index contributed by atoms with van der Waals surface area (Å²) in [6, 6.07) is 74.2. The third-order valence-electron chi connectivity index (χ3n) is 12.3. The Bertz CT molecular complexity index is 3100. The Morgan fingerprint density at radius 2 is 0.780 bits per heavy atom. The molecule has 1 heterocycles. The van der Waals surface area contributed by atoms with Crippen LogP contribution in [0.15, 0.2) is 206 Å². The van der Waals surface area contributed by atoms with Crippen molar-refractivity contribution in [2.45, 2.75) is 19.3 Å². The van der Waals surface area contributed by atoms with Crippen LogP contribution in [0, 0.1) is 0 Å². The third-order valence-corrected chi connectivity index (χ3v) is 12.3. The molecule has 0 spiro atoms. The molecule has 1 aliphatic carbocycles. The minimum Gasteiger partial charge on any atom is -0.228 e. The molecule has 0 atom stereocenters. The highest BCUT2D eigenvalue weighted by molar-refractivity contribution is 6.06. The van der Waals surface area contributed by atoms with Gasteiger partial charge >= 0.3 is 0 Å². The fraction of sp³-hybridized carbons (Fsp3) is 0.0526. The van der Waals surface area contributed by atoms with Gasteiger partial charge in [-0.05, 0) is 95.4 Å². The van der Waals surface area contributed by atoms with E-state index in [1.54, 1.807) is 0 Å². The molecule has 0 bridgehead atoms. The van der Waals surface area contributed by atoms with Gasteiger partial charge in [0.15, 0.2) is 5.82 Å². The van der Waals surface area contributed by atoms with Crippen molar-refractivity contribution < 1.29 is 0 Å². The first-order valence-corrected chi connectivity index (χ1v) is 20.4. The lowest BCUT2D eigenvalue weighted by Crippen LogP contribution is -2.15. The summed E-state index contributed by atoms with van der Waals surface area (Å²) in [4.78, 5) is 10.6. The van der Waals surface area contributed by atoms with Crippen molar-refractivity contribution in [1.29, 1.82) is 0 Å². The normalized spacial score (nSPS) is 12.7. The number of benzene rings is 9. The Hall–Kier alpha value is -7.42. The molecule has 0 saturated heterocycles. The van der Waals surface area contributed by atoms with Crippen molar-refractivity contribution in [3.8, 4) is 78.4 Å². The Balaban J connectivity index is 1.04. The Morgan fingerprint density at radius 3 is 1.39 bits per heavy atom. The molecule has 0 N–H and O–H groups in total.